The van der Waals surface area contributed by atoms with Gasteiger partial charge in [-0.25, -0.2) is 9.97 Å². The van der Waals surface area contributed by atoms with Crippen molar-refractivity contribution in [3.8, 4) is 17.5 Å². The highest BCUT2D eigenvalue weighted by atomic mass is 16.5. The van der Waals surface area contributed by atoms with Gasteiger partial charge in [0.15, 0.2) is 0 Å². The van der Waals surface area contributed by atoms with Crippen LogP contribution in [0.2, 0.25) is 0 Å². The summed E-state index contributed by atoms with van der Waals surface area (Å²) in [7, 11) is 1.59. The van der Waals surface area contributed by atoms with E-state index in [1.165, 1.54) is 6.33 Å². The van der Waals surface area contributed by atoms with E-state index in [1.54, 1.807) is 40.9 Å². The maximum Gasteiger partial charge on any atom is 0.218 e. The Morgan fingerprint density at radius 1 is 1.41 bits per heavy atom. The Balaban J connectivity index is 2.36. The normalized spacial score (nSPS) is 12.0. The van der Waals surface area contributed by atoms with Gasteiger partial charge in [-0.3, -0.25) is 9.36 Å². The minimum absolute atomic E-state index is 0.272. The average molecular weight is 367 g/mol. The molecule has 0 saturated heterocycles. The van der Waals surface area contributed by atoms with Crippen LogP contribution in [0, 0.1) is 11.8 Å². The van der Waals surface area contributed by atoms with Crippen LogP contribution in [-0.2, 0) is 11.3 Å². The number of fused-ring (bicyclic) bond motifs is 1. The largest absolute Gasteiger partial charge is 0.383 e. The lowest BCUT2D eigenvalue weighted by atomic mass is 10.1. The summed E-state index contributed by atoms with van der Waals surface area (Å²) in [5, 5.41) is 10.1. The Kier molecular flexibility index (Phi) is 5.54. The fourth-order valence-corrected chi connectivity index (χ4v) is 2.77. The zero-order chi connectivity index (χ0) is 19.4. The van der Waals surface area contributed by atoms with Crippen molar-refractivity contribution in [1.29, 1.82) is 0 Å². The molecule has 0 amide bonds. The van der Waals surface area contributed by atoms with Gasteiger partial charge in [0, 0.05) is 37.8 Å². The van der Waals surface area contributed by atoms with Gasteiger partial charge in [-0.1, -0.05) is 18.8 Å². The van der Waals surface area contributed by atoms with Crippen molar-refractivity contribution in [2.24, 2.45) is 0 Å². The number of aliphatic hydroxyl groups is 1. The van der Waals surface area contributed by atoms with Gasteiger partial charge in [0.05, 0.1) is 18.3 Å². The van der Waals surface area contributed by atoms with Crippen LogP contribution < -0.4 is 11.2 Å². The summed E-state index contributed by atoms with van der Waals surface area (Å²) < 4.78 is 8.48. The quantitative estimate of drug-likeness (QED) is 0.650. The number of imidazole rings is 1. The number of rotatable bonds is 5. The molecule has 0 bridgehead atoms. The lowest BCUT2D eigenvalue weighted by Gasteiger charge is -2.17. The summed E-state index contributed by atoms with van der Waals surface area (Å²) in [6, 6.07) is 1.66. The molecule has 3 rings (SSSR count). The van der Waals surface area contributed by atoms with Crippen molar-refractivity contribution in [2.75, 3.05) is 19.5 Å². The molecule has 0 saturated carbocycles. The minimum Gasteiger partial charge on any atom is -0.383 e. The van der Waals surface area contributed by atoms with Gasteiger partial charge >= 0.3 is 0 Å². The predicted octanol–water partition coefficient (Wildman–Crippen LogP) is 0.933. The topological polar surface area (TPSA) is 108 Å². The summed E-state index contributed by atoms with van der Waals surface area (Å²) in [6.45, 7) is 2.65. The molecule has 140 valence electrons. The number of pyridine rings is 2. The molecule has 3 aromatic rings. The number of nitrogens with two attached hydrogens (primary N) is 1. The number of hydrogen-bond donors (Lipinski definition) is 2. The Hall–Kier alpha value is -3.15. The van der Waals surface area contributed by atoms with E-state index < -0.39 is 6.10 Å². The monoisotopic (exact) mass is 367 g/mol. The van der Waals surface area contributed by atoms with Gasteiger partial charge in [0.1, 0.15) is 23.3 Å². The average Bonchev–Trinajstić information content (AvgIpc) is 3.20. The van der Waals surface area contributed by atoms with Gasteiger partial charge in [-0.15, -0.1) is 0 Å². The molecular weight excluding hydrogens is 346 g/mol. The molecule has 8 nitrogen and oxygen atoms in total. The Labute approximate surface area is 156 Å². The van der Waals surface area contributed by atoms with E-state index in [9.17, 15) is 9.90 Å². The molecular formula is C19H21N5O3. The molecule has 0 aromatic carbocycles. The molecule has 1 atom stereocenters. The SMILES string of the molecule is CCC(O)C#Cc1ccnc2c1c(=O)c(-n1ccnc1)c(N)n2CCOC. The molecule has 8 heteroatoms. The Bertz CT molecular complexity index is 1060. The third kappa shape index (κ3) is 3.56. The summed E-state index contributed by atoms with van der Waals surface area (Å²) >= 11 is 0. The maximum absolute atomic E-state index is 13.3. The third-order valence-electron chi connectivity index (χ3n) is 4.20. The van der Waals surface area contributed by atoms with E-state index in [-0.39, 0.29) is 16.9 Å². The van der Waals surface area contributed by atoms with Crippen LogP contribution in [-0.4, -0.2) is 44.0 Å². The van der Waals surface area contributed by atoms with Gasteiger partial charge in [-0.05, 0) is 12.5 Å². The van der Waals surface area contributed by atoms with Crippen LogP contribution in [0.4, 0.5) is 5.82 Å². The fraction of sp³-hybridized carbons (Fsp3) is 0.316. The second-order valence-electron chi connectivity index (χ2n) is 5.93. The van der Waals surface area contributed by atoms with E-state index in [4.69, 9.17) is 10.5 Å². The lowest BCUT2D eigenvalue weighted by Crippen LogP contribution is -2.23. The molecule has 3 heterocycles. The number of nitrogen functional groups attached to an aromatic ring is 1. The van der Waals surface area contributed by atoms with Crippen molar-refractivity contribution >= 4 is 16.9 Å². The molecule has 27 heavy (non-hydrogen) atoms. The van der Waals surface area contributed by atoms with Gasteiger partial charge in [0.25, 0.3) is 0 Å². The van der Waals surface area contributed by atoms with Gasteiger partial charge < -0.3 is 20.1 Å². The molecule has 0 fully saturated rings. The van der Waals surface area contributed by atoms with E-state index in [2.05, 4.69) is 21.8 Å². The first kappa shape index (κ1) is 18.6. The molecule has 0 aliphatic carbocycles. The summed E-state index contributed by atoms with van der Waals surface area (Å²) in [5.74, 6) is 5.93. The van der Waals surface area contributed by atoms with Gasteiger partial charge in [-0.2, -0.15) is 0 Å². The zero-order valence-electron chi connectivity index (χ0n) is 15.2. The van der Waals surface area contributed by atoms with Crippen LogP contribution >= 0.6 is 0 Å². The van der Waals surface area contributed by atoms with Crippen molar-refractivity contribution in [2.45, 2.75) is 26.0 Å². The molecule has 0 aliphatic heterocycles. The second-order valence-corrected chi connectivity index (χ2v) is 5.93. The van der Waals surface area contributed by atoms with Crippen molar-refractivity contribution in [3.05, 3.63) is 46.8 Å². The molecule has 0 spiro atoms. The fourth-order valence-electron chi connectivity index (χ4n) is 2.77. The van der Waals surface area contributed by atoms with E-state index in [0.29, 0.717) is 36.2 Å². The molecule has 3 aromatic heterocycles. The van der Waals surface area contributed by atoms with Gasteiger partial charge in [0.2, 0.25) is 5.43 Å². The first-order valence-electron chi connectivity index (χ1n) is 8.56. The number of aliphatic hydroxyl groups excluding tert-OH is 1. The highest BCUT2D eigenvalue weighted by Crippen LogP contribution is 2.22. The smallest absolute Gasteiger partial charge is 0.218 e. The van der Waals surface area contributed by atoms with Crippen molar-refractivity contribution in [3.63, 3.8) is 0 Å². The number of ether oxygens (including phenoxy) is 1. The standard InChI is InChI=1S/C19H21N5O3/c1-3-14(25)5-4-13-6-7-22-19-15(13)17(26)16(23-9-8-21-12-23)18(20)24(19)10-11-27-2/h6-9,12,14,25H,3,10-11,20H2,1-2H3. The summed E-state index contributed by atoms with van der Waals surface area (Å²) in [4.78, 5) is 21.6. The first-order chi connectivity index (χ1) is 13.1. The highest BCUT2D eigenvalue weighted by molar-refractivity contribution is 5.87. The van der Waals surface area contributed by atoms with E-state index in [0.717, 1.165) is 0 Å². The molecule has 0 radical (unpaired) electrons. The van der Waals surface area contributed by atoms with E-state index in [1.807, 2.05) is 6.92 Å². The van der Waals surface area contributed by atoms with E-state index >= 15 is 0 Å². The summed E-state index contributed by atoms with van der Waals surface area (Å²) in [6.07, 6.45) is 6.06. The number of anilines is 1. The maximum atomic E-state index is 13.3. The van der Waals surface area contributed by atoms with Crippen LogP contribution in [0.25, 0.3) is 16.7 Å². The minimum atomic E-state index is -0.758. The molecule has 1 unspecified atom stereocenters. The molecule has 0 aliphatic rings. The number of hydrogen-bond acceptors (Lipinski definition) is 6. The first-order valence-corrected chi connectivity index (χ1v) is 8.56. The second kappa shape index (κ2) is 8.03. The number of aromatic nitrogens is 4. The lowest BCUT2D eigenvalue weighted by molar-refractivity contribution is 0.188. The number of nitrogens with zero attached hydrogens (tertiary/aromatic N) is 4. The molecule has 3 N–H and O–H groups in total. The summed E-state index contributed by atoms with van der Waals surface area (Å²) in [5.41, 5.74) is 7.22. The van der Waals surface area contributed by atoms with Crippen molar-refractivity contribution < 1.29 is 9.84 Å². The Morgan fingerprint density at radius 3 is 2.89 bits per heavy atom. The Morgan fingerprint density at radius 2 is 2.22 bits per heavy atom. The number of methoxy groups -OCH3 is 1. The van der Waals surface area contributed by atoms with Crippen LogP contribution in [0.1, 0.15) is 18.9 Å². The van der Waals surface area contributed by atoms with Crippen LogP contribution in [0.3, 0.4) is 0 Å². The zero-order valence-corrected chi connectivity index (χ0v) is 15.2. The predicted molar refractivity (Wildman–Crippen MR) is 103 cm³/mol. The van der Waals surface area contributed by atoms with Crippen LogP contribution in [0.5, 0.6) is 0 Å². The third-order valence-corrected chi connectivity index (χ3v) is 4.20. The van der Waals surface area contributed by atoms with Crippen molar-refractivity contribution in [1.82, 2.24) is 19.1 Å². The highest BCUT2D eigenvalue weighted by Gasteiger charge is 2.19. The van der Waals surface area contributed by atoms with Crippen LogP contribution in [0.15, 0.2) is 35.8 Å².